The van der Waals surface area contributed by atoms with Crippen LogP contribution in [0.25, 0.3) is 67.5 Å². The zero-order chi connectivity index (χ0) is 32.5. The van der Waals surface area contributed by atoms with Crippen LogP contribution in [0.5, 0.6) is 0 Å². The van der Waals surface area contributed by atoms with E-state index < -0.39 is 0 Å². The predicted molar refractivity (Wildman–Crippen MR) is 196 cm³/mol. The van der Waals surface area contributed by atoms with Gasteiger partial charge in [0.05, 0.1) is 0 Å². The molecule has 3 heteroatoms. The molecule has 228 valence electrons. The van der Waals surface area contributed by atoms with Gasteiger partial charge in [0.25, 0.3) is 0 Å². The average Bonchev–Trinajstić information content (AvgIpc) is 3.08. The van der Waals surface area contributed by atoms with Crippen LogP contribution in [0, 0.1) is 34.6 Å². The van der Waals surface area contributed by atoms with Crippen LogP contribution >= 0.6 is 0 Å². The summed E-state index contributed by atoms with van der Waals surface area (Å²) in [5, 5.41) is 0. The topological polar surface area (TPSA) is 38.7 Å². The summed E-state index contributed by atoms with van der Waals surface area (Å²) >= 11 is 0. The van der Waals surface area contributed by atoms with Crippen LogP contribution in [0.15, 0.2) is 133 Å². The minimum Gasteiger partial charge on any atom is -0.208 e. The number of rotatable bonds is 6. The molecule has 47 heavy (non-hydrogen) atoms. The lowest BCUT2D eigenvalue weighted by atomic mass is 9.99. The molecule has 0 amide bonds. The summed E-state index contributed by atoms with van der Waals surface area (Å²) in [4.78, 5) is 15.1. The minimum absolute atomic E-state index is 0.649. The highest BCUT2D eigenvalue weighted by Gasteiger charge is 2.14. The van der Waals surface area contributed by atoms with Crippen LogP contribution in [0.4, 0.5) is 0 Å². The summed E-state index contributed by atoms with van der Waals surface area (Å²) in [5.41, 5.74) is 16.2. The maximum atomic E-state index is 5.04. The summed E-state index contributed by atoms with van der Waals surface area (Å²) in [7, 11) is 0. The molecule has 0 aliphatic rings. The zero-order valence-corrected chi connectivity index (χ0v) is 27.5. The van der Waals surface area contributed by atoms with Gasteiger partial charge < -0.3 is 0 Å². The van der Waals surface area contributed by atoms with Gasteiger partial charge in [0.2, 0.25) is 0 Å². The van der Waals surface area contributed by atoms with Gasteiger partial charge in [-0.2, -0.15) is 0 Å². The highest BCUT2D eigenvalue weighted by atomic mass is 15.0. The van der Waals surface area contributed by atoms with Crippen molar-refractivity contribution in [1.29, 1.82) is 0 Å². The second kappa shape index (κ2) is 12.6. The fourth-order valence-corrected chi connectivity index (χ4v) is 6.25. The van der Waals surface area contributed by atoms with Crippen molar-refractivity contribution in [3.63, 3.8) is 0 Å². The number of aromatic nitrogens is 3. The van der Waals surface area contributed by atoms with E-state index in [1.807, 2.05) is 0 Å². The number of hydrogen-bond donors (Lipinski definition) is 0. The van der Waals surface area contributed by atoms with Crippen molar-refractivity contribution in [3.8, 4) is 67.5 Å². The molecule has 0 N–H and O–H groups in total. The smallest absolute Gasteiger partial charge is 0.164 e. The summed E-state index contributed by atoms with van der Waals surface area (Å²) in [6.07, 6.45) is 0. The SMILES string of the molecule is Cc1ccc(-c2cccc(-c3nc(-c4ccc(-c5cc(C)cc(C)c5)cc4)nc(-c4ccc(-c5cc(C)cc(C)c5)cc4)n3)c2)cc1. The predicted octanol–water partition coefficient (Wildman–Crippen LogP) is 11.4. The van der Waals surface area contributed by atoms with Crippen LogP contribution in [0.3, 0.4) is 0 Å². The monoisotopic (exact) mass is 607 g/mol. The van der Waals surface area contributed by atoms with E-state index in [1.165, 1.54) is 50.1 Å². The van der Waals surface area contributed by atoms with E-state index in [9.17, 15) is 0 Å². The van der Waals surface area contributed by atoms with Crippen LogP contribution < -0.4 is 0 Å². The van der Waals surface area contributed by atoms with Crippen molar-refractivity contribution >= 4 is 0 Å². The molecule has 0 spiro atoms. The Kier molecular flexibility index (Phi) is 8.05. The second-order valence-electron chi connectivity index (χ2n) is 12.7. The molecule has 0 unspecified atom stereocenters. The molecular formula is C44H37N3. The summed E-state index contributed by atoms with van der Waals surface area (Å²) in [6.45, 7) is 10.7. The molecular weight excluding hydrogens is 571 g/mol. The maximum Gasteiger partial charge on any atom is 0.164 e. The Morgan fingerprint density at radius 2 is 0.596 bits per heavy atom. The lowest BCUT2D eigenvalue weighted by Gasteiger charge is -2.11. The van der Waals surface area contributed by atoms with Gasteiger partial charge in [-0.3, -0.25) is 0 Å². The quantitative estimate of drug-likeness (QED) is 0.189. The molecule has 0 saturated carbocycles. The number of hydrogen-bond acceptors (Lipinski definition) is 3. The van der Waals surface area contributed by atoms with E-state index in [0.717, 1.165) is 27.8 Å². The zero-order valence-electron chi connectivity index (χ0n) is 27.5. The Labute approximate surface area is 277 Å². The molecule has 0 aliphatic heterocycles. The minimum atomic E-state index is 0.649. The molecule has 7 rings (SSSR count). The van der Waals surface area contributed by atoms with Crippen molar-refractivity contribution in [2.45, 2.75) is 34.6 Å². The van der Waals surface area contributed by atoms with Gasteiger partial charge in [-0.05, 0) is 74.1 Å². The molecule has 1 heterocycles. The molecule has 0 radical (unpaired) electrons. The Bertz CT molecular complexity index is 2060. The molecule has 0 bridgehead atoms. The molecule has 1 aromatic heterocycles. The van der Waals surface area contributed by atoms with E-state index in [-0.39, 0.29) is 0 Å². The highest BCUT2D eigenvalue weighted by molar-refractivity contribution is 5.75. The lowest BCUT2D eigenvalue weighted by Crippen LogP contribution is -2.00. The molecule has 6 aromatic carbocycles. The first-order valence-corrected chi connectivity index (χ1v) is 16.1. The van der Waals surface area contributed by atoms with E-state index in [0.29, 0.717) is 17.5 Å². The third-order valence-corrected chi connectivity index (χ3v) is 8.54. The standard InChI is InChI=1S/C44H37N3/c1-28-9-11-33(12-10-28)38-7-6-8-39(27-38)44-46-42(36-17-13-34(14-18-36)40-23-29(2)21-30(3)24-40)45-43(47-44)37-19-15-35(16-20-37)41-25-31(4)22-32(5)26-41/h6-27H,1-5H3. The van der Waals surface area contributed by atoms with Crippen LogP contribution in [0.2, 0.25) is 0 Å². The normalized spacial score (nSPS) is 11.1. The Morgan fingerprint density at radius 1 is 0.255 bits per heavy atom. The van der Waals surface area contributed by atoms with Gasteiger partial charge in [0.1, 0.15) is 0 Å². The first-order valence-electron chi connectivity index (χ1n) is 16.1. The van der Waals surface area contributed by atoms with Crippen LogP contribution in [0.1, 0.15) is 27.8 Å². The van der Waals surface area contributed by atoms with Gasteiger partial charge in [0, 0.05) is 16.7 Å². The van der Waals surface area contributed by atoms with E-state index in [2.05, 4.69) is 168 Å². The summed E-state index contributed by atoms with van der Waals surface area (Å²) < 4.78 is 0. The van der Waals surface area contributed by atoms with Crippen molar-refractivity contribution < 1.29 is 0 Å². The Balaban J connectivity index is 1.31. The van der Waals surface area contributed by atoms with Crippen molar-refractivity contribution in [2.24, 2.45) is 0 Å². The first-order chi connectivity index (χ1) is 22.8. The summed E-state index contributed by atoms with van der Waals surface area (Å²) in [6, 6.07) is 47.4. The Morgan fingerprint density at radius 3 is 1.04 bits per heavy atom. The number of benzene rings is 6. The molecule has 0 atom stereocenters. The third-order valence-electron chi connectivity index (χ3n) is 8.54. The van der Waals surface area contributed by atoms with E-state index in [1.54, 1.807) is 0 Å². The maximum absolute atomic E-state index is 5.04. The second-order valence-corrected chi connectivity index (χ2v) is 12.7. The average molecular weight is 608 g/mol. The summed E-state index contributed by atoms with van der Waals surface area (Å²) in [5.74, 6) is 1.95. The van der Waals surface area contributed by atoms with Crippen molar-refractivity contribution in [2.75, 3.05) is 0 Å². The first kappa shape index (κ1) is 30.0. The third kappa shape index (κ3) is 6.66. The molecule has 0 aliphatic carbocycles. The van der Waals surface area contributed by atoms with Gasteiger partial charge in [-0.25, -0.2) is 15.0 Å². The van der Waals surface area contributed by atoms with Crippen molar-refractivity contribution in [3.05, 3.63) is 161 Å². The van der Waals surface area contributed by atoms with Gasteiger partial charge >= 0.3 is 0 Å². The number of aryl methyl sites for hydroxylation is 5. The highest BCUT2D eigenvalue weighted by Crippen LogP contribution is 2.31. The van der Waals surface area contributed by atoms with Gasteiger partial charge in [0.15, 0.2) is 17.5 Å². The fraction of sp³-hybridized carbons (Fsp3) is 0.114. The largest absolute Gasteiger partial charge is 0.208 e. The fourth-order valence-electron chi connectivity index (χ4n) is 6.25. The van der Waals surface area contributed by atoms with Crippen LogP contribution in [-0.4, -0.2) is 15.0 Å². The molecule has 3 nitrogen and oxygen atoms in total. The molecule has 0 fully saturated rings. The van der Waals surface area contributed by atoms with Crippen molar-refractivity contribution in [1.82, 2.24) is 15.0 Å². The lowest BCUT2D eigenvalue weighted by molar-refractivity contribution is 1.07. The van der Waals surface area contributed by atoms with Gasteiger partial charge in [-0.15, -0.1) is 0 Å². The van der Waals surface area contributed by atoms with E-state index >= 15 is 0 Å². The molecule has 0 saturated heterocycles. The molecule has 7 aromatic rings. The Hall–Kier alpha value is -5.67. The van der Waals surface area contributed by atoms with E-state index in [4.69, 9.17) is 15.0 Å². The van der Waals surface area contributed by atoms with Crippen LogP contribution in [-0.2, 0) is 0 Å². The van der Waals surface area contributed by atoms with Gasteiger partial charge in [-0.1, -0.05) is 155 Å². The number of nitrogens with zero attached hydrogens (tertiary/aromatic N) is 3.